The highest BCUT2D eigenvalue weighted by Gasteiger charge is 2.38. The van der Waals surface area contributed by atoms with Gasteiger partial charge in [-0.25, -0.2) is 14.6 Å². The molecule has 5 rings (SSSR count). The average molecular weight is 438 g/mol. The molecular formula is C24H25N2O2S2+. The number of pyridine rings is 1. The van der Waals surface area contributed by atoms with E-state index in [1.54, 1.807) is 28.9 Å². The van der Waals surface area contributed by atoms with E-state index >= 15 is 0 Å². The molecule has 0 saturated carbocycles. The van der Waals surface area contributed by atoms with E-state index in [0.717, 1.165) is 31.2 Å². The number of aromatic amines is 1. The van der Waals surface area contributed by atoms with Crippen LogP contribution in [-0.4, -0.2) is 11.8 Å². The van der Waals surface area contributed by atoms with Gasteiger partial charge in [-0.2, -0.15) is 0 Å². The number of rotatable bonds is 3. The van der Waals surface area contributed by atoms with E-state index in [0.29, 0.717) is 15.6 Å². The molecule has 0 fully saturated rings. The maximum Gasteiger partial charge on any atom is 0.359 e. The summed E-state index contributed by atoms with van der Waals surface area (Å²) >= 11 is 3.12. The molecule has 0 bridgehead atoms. The number of aryl methyl sites for hydroxylation is 5. The van der Waals surface area contributed by atoms with Crippen molar-refractivity contribution in [3.05, 3.63) is 66.7 Å². The Labute approximate surface area is 184 Å². The number of imide groups is 1. The zero-order chi connectivity index (χ0) is 20.7. The van der Waals surface area contributed by atoms with Crippen molar-refractivity contribution in [3.8, 4) is 0 Å². The minimum Gasteiger partial charge on any atom is -0.247 e. The van der Waals surface area contributed by atoms with Crippen LogP contribution in [0.3, 0.4) is 0 Å². The first-order chi connectivity index (χ1) is 14.6. The third-order valence-corrected chi connectivity index (χ3v) is 8.53. The van der Waals surface area contributed by atoms with Crippen molar-refractivity contribution in [2.75, 3.05) is 4.90 Å². The van der Waals surface area contributed by atoms with Gasteiger partial charge in [0.25, 0.3) is 5.82 Å². The Morgan fingerprint density at radius 3 is 1.90 bits per heavy atom. The van der Waals surface area contributed by atoms with Crippen LogP contribution >= 0.6 is 22.7 Å². The van der Waals surface area contributed by atoms with Crippen LogP contribution in [0, 0.1) is 6.92 Å². The fraction of sp³-hybridized carbons (Fsp3) is 0.375. The molecule has 0 saturated heterocycles. The van der Waals surface area contributed by atoms with Gasteiger partial charge in [-0.05, 0) is 93.7 Å². The van der Waals surface area contributed by atoms with E-state index in [-0.39, 0.29) is 11.8 Å². The predicted octanol–water partition coefficient (Wildman–Crippen LogP) is 5.18. The highest BCUT2D eigenvalue weighted by molar-refractivity contribution is 7.15. The van der Waals surface area contributed by atoms with E-state index in [1.807, 2.05) is 31.2 Å². The number of nitrogens with zero attached hydrogens (tertiary/aromatic N) is 1. The summed E-state index contributed by atoms with van der Waals surface area (Å²) < 4.78 is 0. The molecule has 6 heteroatoms. The lowest BCUT2D eigenvalue weighted by molar-refractivity contribution is -0.363. The van der Waals surface area contributed by atoms with Gasteiger partial charge in [-0.3, -0.25) is 0 Å². The van der Waals surface area contributed by atoms with Gasteiger partial charge in [-0.15, -0.1) is 27.6 Å². The van der Waals surface area contributed by atoms with Crippen molar-refractivity contribution in [3.63, 3.8) is 0 Å². The minimum absolute atomic E-state index is 0.226. The molecule has 3 aromatic heterocycles. The van der Waals surface area contributed by atoms with Crippen molar-refractivity contribution in [2.45, 2.75) is 58.3 Å². The molecule has 2 amide bonds. The quantitative estimate of drug-likeness (QED) is 0.530. The number of nitrogens with one attached hydrogen (secondary N) is 1. The van der Waals surface area contributed by atoms with Crippen LogP contribution in [0.2, 0.25) is 0 Å². The zero-order valence-electron chi connectivity index (χ0n) is 17.1. The number of hydrogen-bond donors (Lipinski definition) is 0. The number of fused-ring (bicyclic) bond motifs is 2. The first-order valence-corrected chi connectivity index (χ1v) is 12.3. The van der Waals surface area contributed by atoms with Gasteiger partial charge >= 0.3 is 11.8 Å². The molecule has 0 unspecified atom stereocenters. The molecule has 0 radical (unpaired) electrons. The minimum atomic E-state index is -0.226. The zero-order valence-corrected chi connectivity index (χ0v) is 18.8. The molecule has 2 aliphatic carbocycles. The SMILES string of the molecule is Cc1ccc[nH+]c1N(C(=O)c1cc2c(s1)CCCC2)C(=O)c1cc2c(s1)CCCC2. The number of H-pyrrole nitrogens is 1. The van der Waals surface area contributed by atoms with Gasteiger partial charge in [0.1, 0.15) is 9.75 Å². The Bertz CT molecular complexity index is 1010. The van der Waals surface area contributed by atoms with Crippen LogP contribution in [0.15, 0.2) is 30.5 Å². The summed E-state index contributed by atoms with van der Waals surface area (Å²) in [6, 6.07) is 7.84. The number of aromatic nitrogens is 1. The van der Waals surface area contributed by atoms with Gasteiger partial charge in [0, 0.05) is 15.3 Å². The standard InChI is InChI=1S/C24H24N2O2S2/c1-15-7-6-12-25-22(15)26(23(27)20-13-16-8-2-4-10-18(16)29-20)24(28)21-14-17-9-3-5-11-19(17)30-21/h6-7,12-14H,2-5,8-11H2,1H3/p+1. The Morgan fingerprint density at radius 1 is 0.867 bits per heavy atom. The number of hydrogen-bond acceptors (Lipinski definition) is 4. The smallest absolute Gasteiger partial charge is 0.247 e. The first kappa shape index (κ1) is 19.6. The average Bonchev–Trinajstić information content (AvgIpc) is 3.39. The normalized spacial score (nSPS) is 15.4. The van der Waals surface area contributed by atoms with Crippen LogP contribution in [0.1, 0.15) is 71.5 Å². The molecular weight excluding hydrogens is 412 g/mol. The lowest BCUT2D eigenvalue weighted by atomic mass is 9.99. The summed E-state index contributed by atoms with van der Waals surface area (Å²) in [6.45, 7) is 1.93. The number of carbonyl (C=O) groups excluding carboxylic acids is 2. The largest absolute Gasteiger partial charge is 0.359 e. The molecule has 0 aliphatic heterocycles. The van der Waals surface area contributed by atoms with Gasteiger partial charge in [0.2, 0.25) is 0 Å². The lowest BCUT2D eigenvalue weighted by Crippen LogP contribution is -2.40. The second-order valence-corrected chi connectivity index (χ2v) is 10.5. The van der Waals surface area contributed by atoms with Crippen molar-refractivity contribution >= 4 is 40.3 Å². The molecule has 3 heterocycles. The second-order valence-electron chi connectivity index (χ2n) is 8.18. The summed E-state index contributed by atoms with van der Waals surface area (Å²) in [6.07, 6.45) is 10.6. The van der Waals surface area contributed by atoms with Gasteiger partial charge < -0.3 is 0 Å². The highest BCUT2D eigenvalue weighted by Crippen LogP contribution is 2.34. The molecule has 154 valence electrons. The Balaban J connectivity index is 1.56. The van der Waals surface area contributed by atoms with Gasteiger partial charge in [-0.1, -0.05) is 0 Å². The molecule has 0 atom stereocenters. The van der Waals surface area contributed by atoms with Crippen LogP contribution in [0.5, 0.6) is 0 Å². The van der Waals surface area contributed by atoms with Crippen LogP contribution in [-0.2, 0) is 25.7 Å². The second kappa shape index (κ2) is 8.08. The molecule has 0 spiro atoms. The van der Waals surface area contributed by atoms with E-state index in [1.165, 1.54) is 51.5 Å². The Morgan fingerprint density at radius 2 is 1.40 bits per heavy atom. The molecule has 2 aliphatic rings. The Kier molecular flexibility index (Phi) is 5.29. The van der Waals surface area contributed by atoms with Crippen LogP contribution in [0.4, 0.5) is 5.82 Å². The van der Waals surface area contributed by atoms with E-state index < -0.39 is 0 Å². The van der Waals surface area contributed by atoms with E-state index in [9.17, 15) is 9.59 Å². The topological polar surface area (TPSA) is 51.5 Å². The molecule has 1 N–H and O–H groups in total. The lowest BCUT2D eigenvalue weighted by Gasteiger charge is -2.12. The summed E-state index contributed by atoms with van der Waals surface area (Å²) in [5, 5.41) is 0. The summed E-state index contributed by atoms with van der Waals surface area (Å²) in [4.78, 5) is 35.8. The molecule has 4 nitrogen and oxygen atoms in total. The van der Waals surface area contributed by atoms with Crippen molar-refractivity contribution in [1.82, 2.24) is 0 Å². The molecule has 30 heavy (non-hydrogen) atoms. The van der Waals surface area contributed by atoms with Crippen molar-refractivity contribution < 1.29 is 14.6 Å². The number of thiophene rings is 2. The summed E-state index contributed by atoms with van der Waals surface area (Å²) in [5.41, 5.74) is 3.44. The monoisotopic (exact) mass is 437 g/mol. The fourth-order valence-electron chi connectivity index (χ4n) is 4.46. The third-order valence-electron chi connectivity index (χ3n) is 6.08. The maximum absolute atomic E-state index is 13.7. The first-order valence-electron chi connectivity index (χ1n) is 10.7. The van der Waals surface area contributed by atoms with Gasteiger partial charge in [0.05, 0.1) is 6.20 Å². The Hall–Kier alpha value is -2.31. The van der Waals surface area contributed by atoms with Crippen molar-refractivity contribution in [1.29, 1.82) is 0 Å². The van der Waals surface area contributed by atoms with Crippen LogP contribution < -0.4 is 9.88 Å². The highest BCUT2D eigenvalue weighted by atomic mass is 32.1. The van der Waals surface area contributed by atoms with Crippen LogP contribution in [0.25, 0.3) is 0 Å². The summed E-state index contributed by atoms with van der Waals surface area (Å²) in [5.74, 6) is 0.109. The molecule has 3 aromatic rings. The molecule has 0 aromatic carbocycles. The third kappa shape index (κ3) is 3.52. The van der Waals surface area contributed by atoms with E-state index in [4.69, 9.17) is 0 Å². The number of anilines is 1. The number of carbonyl (C=O) groups is 2. The summed E-state index contributed by atoms with van der Waals surface area (Å²) in [7, 11) is 0. The number of amides is 2. The fourth-order valence-corrected chi connectivity index (χ4v) is 6.83. The van der Waals surface area contributed by atoms with Gasteiger partial charge in [0.15, 0.2) is 0 Å². The maximum atomic E-state index is 13.7. The predicted molar refractivity (Wildman–Crippen MR) is 121 cm³/mol. The van der Waals surface area contributed by atoms with E-state index in [2.05, 4.69) is 4.98 Å². The van der Waals surface area contributed by atoms with Crippen molar-refractivity contribution in [2.24, 2.45) is 0 Å².